The largest absolute Gasteiger partial charge is 0.460 e. The molecule has 0 saturated carbocycles. The van der Waals surface area contributed by atoms with E-state index >= 15 is 0 Å². The smallest absolute Gasteiger partial charge is 0.287 e. The lowest BCUT2D eigenvalue weighted by atomic mass is 10.1. The second kappa shape index (κ2) is 5.86. The van der Waals surface area contributed by atoms with E-state index in [1.54, 1.807) is 6.07 Å². The summed E-state index contributed by atoms with van der Waals surface area (Å²) in [6, 6.07) is 8.23. The van der Waals surface area contributed by atoms with Crippen molar-refractivity contribution in [3.8, 4) is 11.3 Å². The van der Waals surface area contributed by atoms with E-state index in [2.05, 4.69) is 5.32 Å². The molecule has 0 bridgehead atoms. The van der Waals surface area contributed by atoms with Gasteiger partial charge in [-0.3, -0.25) is 10.1 Å². The predicted octanol–water partition coefficient (Wildman–Crippen LogP) is 3.62. The van der Waals surface area contributed by atoms with Crippen LogP contribution in [0.5, 0.6) is 0 Å². The minimum Gasteiger partial charge on any atom is -0.460 e. The van der Waals surface area contributed by atoms with Crippen molar-refractivity contribution in [3.05, 3.63) is 51.2 Å². The maximum absolute atomic E-state index is 10.7. The van der Waals surface area contributed by atoms with E-state index in [0.717, 1.165) is 17.9 Å². The molecule has 0 spiro atoms. The summed E-state index contributed by atoms with van der Waals surface area (Å²) in [4.78, 5) is 10.2. The first kappa shape index (κ1) is 13.6. The fraction of sp³-hybridized carbons (Fsp3) is 0.231. The molecule has 1 heterocycles. The summed E-state index contributed by atoms with van der Waals surface area (Å²) in [6.07, 6.45) is 0. The number of rotatable bonds is 5. The van der Waals surface area contributed by atoms with Crippen LogP contribution >= 0.6 is 11.6 Å². The first-order chi connectivity index (χ1) is 9.11. The Hall–Kier alpha value is -1.85. The number of hydrogen-bond donors (Lipinski definition) is 1. The maximum atomic E-state index is 10.7. The average Bonchev–Trinajstić information content (AvgIpc) is 2.84. The number of nitrogens with zero attached hydrogens (tertiary/aromatic N) is 1. The number of nitrogens with one attached hydrogen (secondary N) is 1. The molecule has 0 amide bonds. The molecule has 6 heteroatoms. The fourth-order valence-corrected chi connectivity index (χ4v) is 1.93. The second-order valence-electron chi connectivity index (χ2n) is 3.97. The van der Waals surface area contributed by atoms with Crippen molar-refractivity contribution >= 4 is 17.3 Å². The van der Waals surface area contributed by atoms with E-state index in [4.69, 9.17) is 16.0 Å². The molecule has 19 heavy (non-hydrogen) atoms. The summed E-state index contributed by atoms with van der Waals surface area (Å²) in [5.74, 6) is 1.45. The molecule has 2 rings (SSSR count). The molecule has 2 aromatic rings. The van der Waals surface area contributed by atoms with E-state index in [0.29, 0.717) is 12.3 Å². The zero-order chi connectivity index (χ0) is 13.8. The first-order valence-electron chi connectivity index (χ1n) is 5.85. The molecule has 0 radical (unpaired) electrons. The number of furan rings is 1. The van der Waals surface area contributed by atoms with Crippen LogP contribution in [0.25, 0.3) is 11.3 Å². The van der Waals surface area contributed by atoms with Crippen molar-refractivity contribution in [1.82, 2.24) is 5.32 Å². The normalized spacial score (nSPS) is 10.6. The molecule has 1 aromatic heterocycles. The predicted molar refractivity (Wildman–Crippen MR) is 73.2 cm³/mol. The first-order valence-corrected chi connectivity index (χ1v) is 6.23. The minimum atomic E-state index is -0.509. The van der Waals surface area contributed by atoms with Crippen LogP contribution in [0.3, 0.4) is 0 Å². The van der Waals surface area contributed by atoms with Gasteiger partial charge in [-0.1, -0.05) is 18.5 Å². The lowest BCUT2D eigenvalue weighted by Crippen LogP contribution is -2.10. The van der Waals surface area contributed by atoms with Crippen LogP contribution in [0.1, 0.15) is 12.7 Å². The third-order valence-electron chi connectivity index (χ3n) is 2.64. The molecule has 0 aliphatic carbocycles. The molecular weight excluding hydrogens is 268 g/mol. The van der Waals surface area contributed by atoms with E-state index in [-0.39, 0.29) is 10.7 Å². The van der Waals surface area contributed by atoms with Crippen molar-refractivity contribution in [2.24, 2.45) is 0 Å². The summed E-state index contributed by atoms with van der Waals surface area (Å²) in [6.45, 7) is 3.52. The van der Waals surface area contributed by atoms with Crippen LogP contribution in [-0.4, -0.2) is 11.5 Å². The van der Waals surface area contributed by atoms with Gasteiger partial charge in [-0.25, -0.2) is 0 Å². The van der Waals surface area contributed by atoms with Crippen LogP contribution in [-0.2, 0) is 6.54 Å². The van der Waals surface area contributed by atoms with Gasteiger partial charge in [0.05, 0.1) is 11.5 Å². The van der Waals surface area contributed by atoms with Crippen LogP contribution < -0.4 is 5.32 Å². The van der Waals surface area contributed by atoms with Gasteiger partial charge in [0, 0.05) is 11.6 Å². The van der Waals surface area contributed by atoms with Gasteiger partial charge in [0.2, 0.25) is 0 Å². The Balaban J connectivity index is 2.24. The van der Waals surface area contributed by atoms with E-state index in [1.807, 2.05) is 19.1 Å². The van der Waals surface area contributed by atoms with E-state index in [9.17, 15) is 10.1 Å². The number of benzene rings is 1. The molecule has 0 aliphatic rings. The van der Waals surface area contributed by atoms with Crippen LogP contribution in [0.2, 0.25) is 5.02 Å². The number of nitro benzene ring substituents is 1. The highest BCUT2D eigenvalue weighted by Crippen LogP contribution is 2.30. The molecule has 0 saturated heterocycles. The van der Waals surface area contributed by atoms with Crippen molar-refractivity contribution in [2.45, 2.75) is 13.5 Å². The third kappa shape index (κ3) is 3.13. The van der Waals surface area contributed by atoms with Gasteiger partial charge in [-0.2, -0.15) is 0 Å². The molecule has 0 aliphatic heterocycles. The highest BCUT2D eigenvalue weighted by Gasteiger charge is 2.14. The summed E-state index contributed by atoms with van der Waals surface area (Å²) < 4.78 is 5.64. The lowest BCUT2D eigenvalue weighted by molar-refractivity contribution is -0.384. The van der Waals surface area contributed by atoms with Gasteiger partial charge in [-0.05, 0) is 30.8 Å². The Labute approximate surface area is 115 Å². The van der Waals surface area contributed by atoms with Crippen molar-refractivity contribution < 1.29 is 9.34 Å². The van der Waals surface area contributed by atoms with Crippen LogP contribution in [0.15, 0.2) is 34.7 Å². The van der Waals surface area contributed by atoms with Gasteiger partial charge in [0.25, 0.3) is 5.69 Å². The monoisotopic (exact) mass is 280 g/mol. The zero-order valence-electron chi connectivity index (χ0n) is 10.4. The van der Waals surface area contributed by atoms with Crippen molar-refractivity contribution in [1.29, 1.82) is 0 Å². The topological polar surface area (TPSA) is 68.3 Å². The van der Waals surface area contributed by atoms with Gasteiger partial charge in [0.15, 0.2) is 0 Å². The summed E-state index contributed by atoms with van der Waals surface area (Å²) >= 11 is 5.87. The summed E-state index contributed by atoms with van der Waals surface area (Å²) in [7, 11) is 0. The Morgan fingerprint density at radius 3 is 2.79 bits per heavy atom. The maximum Gasteiger partial charge on any atom is 0.287 e. The van der Waals surface area contributed by atoms with Crippen molar-refractivity contribution in [3.63, 3.8) is 0 Å². The Kier molecular flexibility index (Phi) is 4.19. The Bertz CT molecular complexity index is 595. The van der Waals surface area contributed by atoms with Gasteiger partial charge in [0.1, 0.15) is 16.5 Å². The summed E-state index contributed by atoms with van der Waals surface area (Å²) in [5.41, 5.74) is 0.614. The van der Waals surface area contributed by atoms with E-state index < -0.39 is 4.92 Å². The SMILES string of the molecule is CCNCc1ccc(-c2ccc([N+](=O)[O-])c(Cl)c2)o1. The third-order valence-corrected chi connectivity index (χ3v) is 2.94. The Morgan fingerprint density at radius 2 is 2.16 bits per heavy atom. The van der Waals surface area contributed by atoms with Gasteiger partial charge < -0.3 is 9.73 Å². The van der Waals surface area contributed by atoms with E-state index in [1.165, 1.54) is 12.1 Å². The number of hydrogen-bond acceptors (Lipinski definition) is 4. The number of nitro groups is 1. The highest BCUT2D eigenvalue weighted by molar-refractivity contribution is 6.32. The van der Waals surface area contributed by atoms with Gasteiger partial charge >= 0.3 is 0 Å². The molecule has 1 aromatic carbocycles. The van der Waals surface area contributed by atoms with Crippen LogP contribution in [0.4, 0.5) is 5.69 Å². The molecule has 0 atom stereocenters. The molecule has 0 unspecified atom stereocenters. The quantitative estimate of drug-likeness (QED) is 0.671. The second-order valence-corrected chi connectivity index (χ2v) is 4.38. The highest BCUT2D eigenvalue weighted by atomic mass is 35.5. The average molecular weight is 281 g/mol. The molecule has 5 nitrogen and oxygen atoms in total. The van der Waals surface area contributed by atoms with Crippen LogP contribution in [0, 0.1) is 10.1 Å². The Morgan fingerprint density at radius 1 is 1.37 bits per heavy atom. The minimum absolute atomic E-state index is 0.104. The zero-order valence-corrected chi connectivity index (χ0v) is 11.1. The molecule has 1 N–H and O–H groups in total. The molecule has 100 valence electrons. The summed E-state index contributed by atoms with van der Waals surface area (Å²) in [5, 5.41) is 13.9. The van der Waals surface area contributed by atoms with Crippen molar-refractivity contribution in [2.75, 3.05) is 6.54 Å². The number of halogens is 1. The standard InChI is InChI=1S/C13H13ClN2O3/c1-2-15-8-10-4-6-13(19-10)9-3-5-12(16(17)18)11(14)7-9/h3-7,15H,2,8H2,1H3. The lowest BCUT2D eigenvalue weighted by Gasteiger charge is -2.00. The molecular formula is C13H13ClN2O3. The fourth-order valence-electron chi connectivity index (χ4n) is 1.68. The van der Waals surface area contributed by atoms with Gasteiger partial charge in [-0.15, -0.1) is 0 Å². The molecule has 0 fully saturated rings.